The highest BCUT2D eigenvalue weighted by molar-refractivity contribution is 8.00. The van der Waals surface area contributed by atoms with E-state index < -0.39 is 69.0 Å². The van der Waals surface area contributed by atoms with E-state index in [9.17, 15) is 42.0 Å². The van der Waals surface area contributed by atoms with Crippen LogP contribution in [0, 0.1) is 5.92 Å². The van der Waals surface area contributed by atoms with E-state index in [0.717, 1.165) is 47.3 Å². The second kappa shape index (κ2) is 20.9. The van der Waals surface area contributed by atoms with E-state index in [1.54, 1.807) is 54.2 Å². The number of nitrogens with one attached hydrogen (secondary N) is 6. The van der Waals surface area contributed by atoms with E-state index >= 15 is 0 Å². The van der Waals surface area contributed by atoms with Crippen LogP contribution in [0.1, 0.15) is 86.8 Å². The molecule has 0 aromatic heterocycles. The Hall–Kier alpha value is -5.67. The summed E-state index contributed by atoms with van der Waals surface area (Å²) >= 11 is 1.54. The highest BCUT2D eigenvalue weighted by atomic mass is 32.2. The van der Waals surface area contributed by atoms with Gasteiger partial charge in [0.25, 0.3) is 17.7 Å². The Labute approximate surface area is 375 Å². The third kappa shape index (κ3) is 11.5. The van der Waals surface area contributed by atoms with E-state index in [2.05, 4.69) is 31.9 Å². The third-order valence-corrected chi connectivity index (χ3v) is 13.9. The monoisotopic (exact) mass is 916 g/mol. The second-order valence-electron chi connectivity index (χ2n) is 16.2. The fraction of sp³-hybridized carbons (Fsp3) is 0.432. The lowest BCUT2D eigenvalue weighted by Crippen LogP contribution is -2.54. The van der Waals surface area contributed by atoms with Gasteiger partial charge in [-0.25, -0.2) is 12.7 Å². The van der Waals surface area contributed by atoms with Crippen molar-refractivity contribution in [1.29, 1.82) is 0 Å². The predicted molar refractivity (Wildman–Crippen MR) is 237 cm³/mol. The molecule has 0 aliphatic carbocycles. The summed E-state index contributed by atoms with van der Waals surface area (Å²) in [5.41, 5.74) is 2.99. The summed E-state index contributed by atoms with van der Waals surface area (Å²) < 4.78 is 31.3. The van der Waals surface area contributed by atoms with Gasteiger partial charge in [-0.05, 0) is 73.6 Å². The molecule has 0 bridgehead atoms. The first-order valence-corrected chi connectivity index (χ1v) is 24.2. The number of anilines is 1. The molecule has 0 spiro atoms. The van der Waals surface area contributed by atoms with Crippen molar-refractivity contribution in [3.63, 3.8) is 0 Å². The van der Waals surface area contributed by atoms with Crippen LogP contribution in [0.15, 0.2) is 72.8 Å². The lowest BCUT2D eigenvalue weighted by Gasteiger charge is -2.27. The van der Waals surface area contributed by atoms with Crippen molar-refractivity contribution in [1.82, 2.24) is 35.8 Å². The van der Waals surface area contributed by atoms with Crippen LogP contribution in [-0.4, -0.2) is 121 Å². The normalized spacial score (nSPS) is 21.6. The van der Waals surface area contributed by atoms with Crippen molar-refractivity contribution < 1.29 is 46.7 Å². The van der Waals surface area contributed by atoms with Crippen molar-refractivity contribution in [2.75, 3.05) is 50.1 Å². The molecular formula is C44H52N8O10S2. The molecule has 4 unspecified atom stereocenters. The maximum absolute atomic E-state index is 13.6. The molecule has 6 N–H and O–H groups in total. The molecule has 64 heavy (non-hydrogen) atoms. The summed E-state index contributed by atoms with van der Waals surface area (Å²) in [5.74, 6) is -3.16. The van der Waals surface area contributed by atoms with Gasteiger partial charge in [-0.3, -0.25) is 49.1 Å². The number of fused-ring (bicyclic) bond motifs is 1. The second-order valence-corrected chi connectivity index (χ2v) is 19.3. The number of hydrogen-bond acceptors (Lipinski definition) is 13. The first-order valence-electron chi connectivity index (χ1n) is 21.3. The van der Waals surface area contributed by atoms with E-state index in [1.165, 1.54) is 4.31 Å². The summed E-state index contributed by atoms with van der Waals surface area (Å²) in [7, 11) is -3.45. The molecule has 7 rings (SSSR count). The molecule has 5 atom stereocenters. The van der Waals surface area contributed by atoms with Gasteiger partial charge in [-0.2, -0.15) is 0 Å². The number of carbonyl (C=O) groups is 7. The third-order valence-electron chi connectivity index (χ3n) is 11.6. The number of unbranched alkanes of at least 4 members (excludes halogenated alkanes) is 2. The summed E-state index contributed by atoms with van der Waals surface area (Å²) in [4.78, 5) is 90.6. The Kier molecular flexibility index (Phi) is 15.1. The molecule has 3 aromatic rings. The van der Waals surface area contributed by atoms with Gasteiger partial charge in [-0.1, -0.05) is 42.5 Å². The van der Waals surface area contributed by atoms with Gasteiger partial charge in [0.05, 0.1) is 36.5 Å². The molecule has 3 fully saturated rings. The van der Waals surface area contributed by atoms with Gasteiger partial charge in [0.1, 0.15) is 17.6 Å². The zero-order valence-electron chi connectivity index (χ0n) is 35.3. The van der Waals surface area contributed by atoms with Crippen molar-refractivity contribution in [2.24, 2.45) is 5.92 Å². The van der Waals surface area contributed by atoms with Crippen LogP contribution in [0.5, 0.6) is 0 Å². The molecular weight excluding hydrogens is 865 g/mol. The number of sulfonamides is 1. The number of nitrogens with zero attached hydrogens (tertiary/aromatic N) is 2. The summed E-state index contributed by atoms with van der Waals surface area (Å²) in [6.07, 6.45) is 3.90. The average molecular weight is 917 g/mol. The largest absolute Gasteiger partial charge is 0.385 e. The van der Waals surface area contributed by atoms with E-state index in [-0.39, 0.29) is 62.2 Å². The maximum Gasteiger partial charge on any atom is 0.262 e. The average Bonchev–Trinajstić information content (AvgIpc) is 4.03. The fourth-order valence-electron chi connectivity index (χ4n) is 7.97. The summed E-state index contributed by atoms with van der Waals surface area (Å²) in [6, 6.07) is 19.6. The number of benzene rings is 3. The topological polar surface area (TPSA) is 242 Å². The minimum absolute atomic E-state index is 0.0409. The molecule has 7 amide bonds. The van der Waals surface area contributed by atoms with Crippen molar-refractivity contribution in [2.45, 2.75) is 68.8 Å². The van der Waals surface area contributed by atoms with E-state index in [4.69, 9.17) is 4.74 Å². The lowest BCUT2D eigenvalue weighted by molar-refractivity contribution is -0.136. The highest BCUT2D eigenvalue weighted by Crippen LogP contribution is 2.30. The van der Waals surface area contributed by atoms with Crippen LogP contribution >= 0.6 is 11.8 Å². The number of imide groups is 2. The molecule has 0 saturated carbocycles. The van der Waals surface area contributed by atoms with Gasteiger partial charge in [-0.15, -0.1) is 11.8 Å². The van der Waals surface area contributed by atoms with Gasteiger partial charge < -0.3 is 26.0 Å². The van der Waals surface area contributed by atoms with E-state index in [1.807, 2.05) is 30.3 Å². The van der Waals surface area contributed by atoms with Crippen molar-refractivity contribution in [3.05, 3.63) is 101 Å². The number of amides is 7. The van der Waals surface area contributed by atoms with Crippen molar-refractivity contribution >= 4 is 68.8 Å². The number of thioether (sulfide) groups is 1. The van der Waals surface area contributed by atoms with Crippen LogP contribution in [0.25, 0.3) is 0 Å². The van der Waals surface area contributed by atoms with Crippen LogP contribution < -0.4 is 31.9 Å². The molecule has 20 heteroatoms. The van der Waals surface area contributed by atoms with Crippen molar-refractivity contribution in [3.8, 4) is 0 Å². The molecule has 4 heterocycles. The number of rotatable bonds is 19. The van der Waals surface area contributed by atoms with Crippen LogP contribution in [-0.2, 0) is 40.5 Å². The van der Waals surface area contributed by atoms with Gasteiger partial charge in [0, 0.05) is 55.6 Å². The molecule has 340 valence electrons. The Morgan fingerprint density at radius 1 is 0.906 bits per heavy atom. The Balaban J connectivity index is 0.822. The van der Waals surface area contributed by atoms with Crippen LogP contribution in [0.4, 0.5) is 5.69 Å². The van der Waals surface area contributed by atoms with Gasteiger partial charge in [0.15, 0.2) is 0 Å². The summed E-state index contributed by atoms with van der Waals surface area (Å²) in [5, 5.41) is 17.5. The quantitative estimate of drug-likeness (QED) is 0.0745. The number of hydrogen-bond donors (Lipinski definition) is 6. The molecule has 4 aliphatic heterocycles. The molecule has 4 aliphatic rings. The van der Waals surface area contributed by atoms with Crippen LogP contribution in [0.2, 0.25) is 0 Å². The molecule has 18 nitrogen and oxygen atoms in total. The lowest BCUT2D eigenvalue weighted by atomic mass is 10.0. The number of ether oxygens (including phenoxy) is 1. The zero-order chi connectivity index (χ0) is 45.4. The standard InChI is InChI=1S/C44H52N8O10S2/c1-64(60,61)51-21-18-30(23-51)39(55)47-34(40(56)50-44-48-35(26-63-44)28-8-4-2-5-9-28)25-62-24-27-10-12-29(13-11-27)38(54)46-20-7-3-6-19-45-31-14-15-32-33(22-31)43(59)52(42(32)58)36-16-17-37(53)49-41(36)57/h2,4-5,8-15,22,30,34-36,44-45,48H,3,6-7,16-21,23-26H2,1H3,(H,46,54)(H,47,55)(H,50,56)(H,49,53,57)/t30?,34-,35?,36?,44?/m0/s1. The Bertz CT molecular complexity index is 2370. The Morgan fingerprint density at radius 3 is 2.39 bits per heavy atom. The highest BCUT2D eigenvalue weighted by Gasteiger charge is 2.44. The first-order chi connectivity index (χ1) is 30.7. The van der Waals surface area contributed by atoms with Crippen LogP contribution in [0.3, 0.4) is 0 Å². The fourth-order valence-corrected chi connectivity index (χ4v) is 9.99. The van der Waals surface area contributed by atoms with Gasteiger partial charge in [0.2, 0.25) is 33.7 Å². The predicted octanol–water partition coefficient (Wildman–Crippen LogP) is 1.86. The minimum atomic E-state index is -3.45. The maximum atomic E-state index is 13.6. The Morgan fingerprint density at radius 2 is 1.66 bits per heavy atom. The SMILES string of the molecule is CS(=O)(=O)N1CCC(C(=O)N[C@@H](COCc2ccc(C(=O)NCCCCCNc3ccc4c(c3)C(=O)N(C3CCC(=O)NC3=O)C4=O)cc2)C(=O)NC2NC(c3ccccc3)CS2)C1. The zero-order valence-corrected chi connectivity index (χ0v) is 36.9. The van der Waals surface area contributed by atoms with Gasteiger partial charge >= 0.3 is 0 Å². The summed E-state index contributed by atoms with van der Waals surface area (Å²) in [6.45, 7) is 1.28. The smallest absolute Gasteiger partial charge is 0.262 e. The number of piperidine rings is 1. The molecule has 3 saturated heterocycles. The minimum Gasteiger partial charge on any atom is -0.385 e. The van der Waals surface area contributed by atoms with E-state index in [0.29, 0.717) is 30.8 Å². The molecule has 3 aromatic carbocycles. The number of carbonyl (C=O) groups excluding carboxylic acids is 7. The molecule has 0 radical (unpaired) electrons. The first kappa shape index (κ1) is 46.3.